The van der Waals surface area contributed by atoms with Gasteiger partial charge >= 0.3 is 12.1 Å². The smallest absolute Gasteiger partial charge is 0.475 e. The van der Waals surface area contributed by atoms with Crippen molar-refractivity contribution in [2.24, 2.45) is 5.92 Å². The van der Waals surface area contributed by atoms with Crippen molar-refractivity contribution in [3.05, 3.63) is 24.1 Å². The number of nitrogens with zero attached hydrogens (tertiary/aromatic N) is 2. The number of halogens is 4. The van der Waals surface area contributed by atoms with E-state index in [1.807, 2.05) is 4.90 Å². The first kappa shape index (κ1) is 23.8. The van der Waals surface area contributed by atoms with Gasteiger partial charge in [-0.3, -0.25) is 4.79 Å². The summed E-state index contributed by atoms with van der Waals surface area (Å²) in [5.41, 5.74) is -0.312. The Hall–Kier alpha value is -2.43. The number of unbranched alkanes of at least 4 members (excludes halogenated alkanes) is 1. The number of pyridine rings is 1. The van der Waals surface area contributed by atoms with Crippen molar-refractivity contribution in [2.45, 2.75) is 44.4 Å². The molecule has 0 radical (unpaired) electrons. The van der Waals surface area contributed by atoms with Crippen LogP contribution in [0, 0.1) is 11.7 Å². The summed E-state index contributed by atoms with van der Waals surface area (Å²) >= 11 is 0. The van der Waals surface area contributed by atoms with Crippen LogP contribution in [0.3, 0.4) is 0 Å². The zero-order valence-electron chi connectivity index (χ0n) is 16.5. The van der Waals surface area contributed by atoms with E-state index in [1.165, 1.54) is 18.3 Å². The topological polar surface area (TPSA) is 89.0 Å². The Balaban J connectivity index is 0.000000396. The summed E-state index contributed by atoms with van der Waals surface area (Å²) in [7, 11) is 0. The van der Waals surface area contributed by atoms with Crippen LogP contribution < -0.4 is 4.74 Å². The van der Waals surface area contributed by atoms with Crippen LogP contribution in [0.15, 0.2) is 18.3 Å². The Labute approximate surface area is 171 Å². The molecule has 2 fully saturated rings. The number of carboxylic acids is 1. The predicted octanol–water partition coefficient (Wildman–Crippen LogP) is 3.04. The SMILES string of the molecule is CCCCC(=O)N1CC2(C1)OCCC2COc1ncccc1F.O=C(O)C(F)(F)F. The van der Waals surface area contributed by atoms with E-state index >= 15 is 0 Å². The van der Waals surface area contributed by atoms with Crippen molar-refractivity contribution in [2.75, 3.05) is 26.3 Å². The Morgan fingerprint density at radius 3 is 2.63 bits per heavy atom. The summed E-state index contributed by atoms with van der Waals surface area (Å²) in [6.45, 7) is 4.35. The van der Waals surface area contributed by atoms with Gasteiger partial charge in [0.2, 0.25) is 11.8 Å². The van der Waals surface area contributed by atoms with E-state index in [4.69, 9.17) is 19.4 Å². The lowest BCUT2D eigenvalue weighted by Gasteiger charge is -2.50. The van der Waals surface area contributed by atoms with E-state index in [0.717, 1.165) is 19.3 Å². The Bertz CT molecular complexity index is 738. The number of carboxylic acid groups (broad SMARTS) is 1. The molecule has 0 aromatic carbocycles. The monoisotopic (exact) mass is 436 g/mol. The van der Waals surface area contributed by atoms with Crippen LogP contribution in [0.5, 0.6) is 5.88 Å². The molecule has 1 aromatic rings. The maximum absolute atomic E-state index is 13.6. The second-order valence-electron chi connectivity index (χ2n) is 7.16. The van der Waals surface area contributed by atoms with Gasteiger partial charge in [-0.25, -0.2) is 14.2 Å². The lowest BCUT2D eigenvalue weighted by Crippen LogP contribution is -2.66. The summed E-state index contributed by atoms with van der Waals surface area (Å²) < 4.78 is 56.8. The molecule has 2 saturated heterocycles. The number of carbonyl (C=O) groups is 2. The Kier molecular flexibility index (Phi) is 7.99. The van der Waals surface area contributed by atoms with Crippen LogP contribution in [0.4, 0.5) is 17.6 Å². The van der Waals surface area contributed by atoms with Gasteiger partial charge in [0.15, 0.2) is 5.82 Å². The van der Waals surface area contributed by atoms with E-state index in [1.54, 1.807) is 0 Å². The normalized spacial score (nSPS) is 19.6. The average Bonchev–Trinajstić information content (AvgIpc) is 3.08. The standard InChI is InChI=1S/C17H23FN2O3.C2HF3O2/c1-2-3-6-15(21)20-11-17(12-20)13(7-9-23-17)10-22-16-14(18)5-4-8-19-16;3-2(4,5)1(6)7/h4-5,8,13H,2-3,6-7,9-12H2,1H3;(H,6,7). The average molecular weight is 436 g/mol. The number of carbonyl (C=O) groups excluding carboxylic acids is 1. The highest BCUT2D eigenvalue weighted by molar-refractivity contribution is 5.77. The van der Waals surface area contributed by atoms with Crippen LogP contribution in [0.1, 0.15) is 32.6 Å². The van der Waals surface area contributed by atoms with Crippen molar-refractivity contribution in [1.29, 1.82) is 0 Å². The van der Waals surface area contributed by atoms with Gasteiger partial charge in [-0.05, 0) is 25.0 Å². The molecule has 1 unspecified atom stereocenters. The first-order valence-electron chi connectivity index (χ1n) is 9.54. The van der Waals surface area contributed by atoms with Gasteiger partial charge in [0.25, 0.3) is 0 Å². The number of likely N-dealkylation sites (tertiary alicyclic amines) is 1. The van der Waals surface area contributed by atoms with E-state index in [2.05, 4.69) is 11.9 Å². The number of amides is 1. The number of aromatic nitrogens is 1. The fourth-order valence-electron chi connectivity index (χ4n) is 3.29. The van der Waals surface area contributed by atoms with Gasteiger partial charge in [0.1, 0.15) is 5.60 Å². The molecule has 11 heteroatoms. The maximum atomic E-state index is 13.6. The first-order chi connectivity index (χ1) is 14.1. The summed E-state index contributed by atoms with van der Waals surface area (Å²) in [6.07, 6.45) is -0.156. The lowest BCUT2D eigenvalue weighted by molar-refractivity contribution is -0.192. The van der Waals surface area contributed by atoms with Gasteiger partial charge in [0, 0.05) is 25.1 Å². The zero-order chi connectivity index (χ0) is 22.4. The fourth-order valence-corrected chi connectivity index (χ4v) is 3.29. The first-order valence-corrected chi connectivity index (χ1v) is 9.54. The number of ether oxygens (including phenoxy) is 2. The van der Waals surface area contributed by atoms with Crippen molar-refractivity contribution in [1.82, 2.24) is 9.88 Å². The van der Waals surface area contributed by atoms with Gasteiger partial charge < -0.3 is 19.5 Å². The highest BCUT2D eigenvalue weighted by Gasteiger charge is 2.54. The molecular formula is C19H24F4N2O5. The van der Waals surface area contributed by atoms with Gasteiger partial charge in [0.05, 0.1) is 19.7 Å². The molecule has 3 rings (SSSR count). The molecule has 1 aromatic heterocycles. The van der Waals surface area contributed by atoms with E-state index in [9.17, 15) is 22.4 Å². The molecule has 7 nitrogen and oxygen atoms in total. The molecule has 2 aliphatic rings. The Morgan fingerprint density at radius 1 is 1.40 bits per heavy atom. The molecule has 1 N–H and O–H groups in total. The summed E-state index contributed by atoms with van der Waals surface area (Å²) in [4.78, 5) is 26.7. The summed E-state index contributed by atoms with van der Waals surface area (Å²) in [6, 6.07) is 2.87. The largest absolute Gasteiger partial charge is 0.490 e. The van der Waals surface area contributed by atoms with Crippen molar-refractivity contribution in [3.8, 4) is 5.88 Å². The third-order valence-corrected chi connectivity index (χ3v) is 5.00. The number of rotatable bonds is 6. The van der Waals surface area contributed by atoms with Crippen LogP contribution in [-0.4, -0.2) is 64.9 Å². The molecule has 2 aliphatic heterocycles. The maximum Gasteiger partial charge on any atom is 0.490 e. The molecule has 1 atom stereocenters. The number of alkyl halides is 3. The van der Waals surface area contributed by atoms with Crippen LogP contribution in [-0.2, 0) is 14.3 Å². The summed E-state index contributed by atoms with van der Waals surface area (Å²) in [5, 5.41) is 7.12. The minimum atomic E-state index is -5.08. The second kappa shape index (κ2) is 10.1. The van der Waals surface area contributed by atoms with Gasteiger partial charge in [-0.15, -0.1) is 0 Å². The van der Waals surface area contributed by atoms with Gasteiger partial charge in [-0.2, -0.15) is 13.2 Å². The molecule has 3 heterocycles. The van der Waals surface area contributed by atoms with Gasteiger partial charge in [-0.1, -0.05) is 13.3 Å². The fraction of sp³-hybridized carbons (Fsp3) is 0.632. The van der Waals surface area contributed by atoms with Crippen LogP contribution in [0.25, 0.3) is 0 Å². The molecule has 0 saturated carbocycles. The van der Waals surface area contributed by atoms with Crippen molar-refractivity contribution >= 4 is 11.9 Å². The van der Waals surface area contributed by atoms with Crippen LogP contribution in [0.2, 0.25) is 0 Å². The van der Waals surface area contributed by atoms with E-state index < -0.39 is 18.0 Å². The van der Waals surface area contributed by atoms with Crippen molar-refractivity contribution in [3.63, 3.8) is 0 Å². The predicted molar refractivity (Wildman–Crippen MR) is 96.3 cm³/mol. The molecule has 168 valence electrons. The highest BCUT2D eigenvalue weighted by atomic mass is 19.4. The third kappa shape index (κ3) is 6.04. The molecule has 0 bridgehead atoms. The molecule has 1 amide bonds. The minimum absolute atomic E-state index is 0.0322. The quantitative estimate of drug-likeness (QED) is 0.690. The van der Waals surface area contributed by atoms with Crippen LogP contribution >= 0.6 is 0 Å². The zero-order valence-corrected chi connectivity index (χ0v) is 16.5. The third-order valence-electron chi connectivity index (χ3n) is 5.00. The minimum Gasteiger partial charge on any atom is -0.475 e. The van der Waals surface area contributed by atoms with E-state index in [-0.39, 0.29) is 23.3 Å². The molecule has 30 heavy (non-hydrogen) atoms. The van der Waals surface area contributed by atoms with Crippen molar-refractivity contribution < 1.29 is 41.7 Å². The molecular weight excluding hydrogens is 412 g/mol. The summed E-state index contributed by atoms with van der Waals surface area (Å²) in [5.74, 6) is -2.81. The Morgan fingerprint density at radius 2 is 2.07 bits per heavy atom. The number of hydrogen-bond donors (Lipinski definition) is 1. The number of hydrogen-bond acceptors (Lipinski definition) is 5. The molecule has 1 spiro atoms. The molecule has 0 aliphatic carbocycles. The number of aliphatic carboxylic acids is 1. The second-order valence-corrected chi connectivity index (χ2v) is 7.16. The highest BCUT2D eigenvalue weighted by Crippen LogP contribution is 2.40. The van der Waals surface area contributed by atoms with E-state index in [0.29, 0.717) is 32.7 Å². The lowest BCUT2D eigenvalue weighted by atomic mass is 9.81.